The van der Waals surface area contributed by atoms with Crippen molar-refractivity contribution in [3.05, 3.63) is 62.1 Å². The van der Waals surface area contributed by atoms with Crippen molar-refractivity contribution in [2.75, 3.05) is 0 Å². The standard InChI is InChI=1S/C16H14BrClN2O2/c1-9-6-12(3-4-14(9)18)16(22)20-19-8-11-5-10(2)15(21)13(17)7-11/h3-8,21H,1-2H3,(H,20,22)/b19-8+. The Bertz CT molecular complexity index is 737. The summed E-state index contributed by atoms with van der Waals surface area (Å²) >= 11 is 9.18. The lowest BCUT2D eigenvalue weighted by atomic mass is 10.1. The van der Waals surface area contributed by atoms with Gasteiger partial charge < -0.3 is 5.11 Å². The lowest BCUT2D eigenvalue weighted by Crippen LogP contribution is -2.17. The first-order valence-corrected chi connectivity index (χ1v) is 7.64. The molecular weight excluding hydrogens is 368 g/mol. The molecule has 0 unspecified atom stereocenters. The molecule has 0 saturated carbocycles. The van der Waals surface area contributed by atoms with Gasteiger partial charge in [-0.15, -0.1) is 0 Å². The van der Waals surface area contributed by atoms with Crippen LogP contribution in [0.2, 0.25) is 5.02 Å². The number of benzene rings is 2. The second-order valence-electron chi connectivity index (χ2n) is 4.83. The molecular formula is C16H14BrClN2O2. The van der Waals surface area contributed by atoms with Gasteiger partial charge in [-0.25, -0.2) is 5.43 Å². The van der Waals surface area contributed by atoms with E-state index in [-0.39, 0.29) is 11.7 Å². The molecule has 0 fully saturated rings. The number of carbonyl (C=O) groups excluding carboxylic acids is 1. The first kappa shape index (κ1) is 16.5. The second-order valence-corrected chi connectivity index (χ2v) is 6.09. The molecule has 0 heterocycles. The fourth-order valence-electron chi connectivity index (χ4n) is 1.85. The van der Waals surface area contributed by atoms with Crippen LogP contribution in [0.15, 0.2) is 39.9 Å². The van der Waals surface area contributed by atoms with Crippen molar-refractivity contribution in [1.29, 1.82) is 0 Å². The molecule has 22 heavy (non-hydrogen) atoms. The molecule has 0 aliphatic heterocycles. The molecule has 1 amide bonds. The molecule has 6 heteroatoms. The van der Waals surface area contributed by atoms with Gasteiger partial charge in [-0.2, -0.15) is 5.10 Å². The highest BCUT2D eigenvalue weighted by Crippen LogP contribution is 2.28. The lowest BCUT2D eigenvalue weighted by Gasteiger charge is -2.04. The largest absolute Gasteiger partial charge is 0.506 e. The van der Waals surface area contributed by atoms with Crippen molar-refractivity contribution < 1.29 is 9.90 Å². The Kier molecular flexibility index (Phi) is 5.21. The van der Waals surface area contributed by atoms with E-state index in [9.17, 15) is 9.90 Å². The second kappa shape index (κ2) is 6.94. The van der Waals surface area contributed by atoms with Gasteiger partial charge in [0.05, 0.1) is 10.7 Å². The number of carbonyl (C=O) groups is 1. The molecule has 0 spiro atoms. The summed E-state index contributed by atoms with van der Waals surface area (Å²) in [6.45, 7) is 3.62. The summed E-state index contributed by atoms with van der Waals surface area (Å²) in [4.78, 5) is 12.0. The molecule has 2 N–H and O–H groups in total. The zero-order valence-corrected chi connectivity index (χ0v) is 14.4. The third-order valence-electron chi connectivity index (χ3n) is 3.08. The highest BCUT2D eigenvalue weighted by atomic mass is 79.9. The fraction of sp³-hybridized carbons (Fsp3) is 0.125. The number of amides is 1. The third kappa shape index (κ3) is 3.87. The average molecular weight is 382 g/mol. The van der Waals surface area contributed by atoms with Gasteiger partial charge in [-0.05, 0) is 76.8 Å². The minimum absolute atomic E-state index is 0.192. The van der Waals surface area contributed by atoms with Gasteiger partial charge in [-0.1, -0.05) is 11.6 Å². The van der Waals surface area contributed by atoms with Gasteiger partial charge >= 0.3 is 0 Å². The highest BCUT2D eigenvalue weighted by molar-refractivity contribution is 9.10. The number of aryl methyl sites for hydroxylation is 2. The monoisotopic (exact) mass is 380 g/mol. The number of phenols is 1. The number of hydrazone groups is 1. The quantitative estimate of drug-likeness (QED) is 0.618. The van der Waals surface area contributed by atoms with Gasteiger partial charge in [0.1, 0.15) is 5.75 Å². The van der Waals surface area contributed by atoms with Crippen LogP contribution in [0.25, 0.3) is 0 Å². The summed E-state index contributed by atoms with van der Waals surface area (Å²) in [5, 5.41) is 14.2. The lowest BCUT2D eigenvalue weighted by molar-refractivity contribution is 0.0955. The van der Waals surface area contributed by atoms with Gasteiger partial charge in [0.2, 0.25) is 0 Å². The van der Waals surface area contributed by atoms with Crippen LogP contribution in [0, 0.1) is 13.8 Å². The van der Waals surface area contributed by atoms with Crippen molar-refractivity contribution >= 4 is 39.7 Å². The Morgan fingerprint density at radius 1 is 1.27 bits per heavy atom. The maximum atomic E-state index is 12.0. The molecule has 0 radical (unpaired) electrons. The number of aromatic hydroxyl groups is 1. The highest BCUT2D eigenvalue weighted by Gasteiger charge is 2.06. The number of hydrogen-bond donors (Lipinski definition) is 2. The zero-order valence-electron chi connectivity index (χ0n) is 12.0. The Hall–Kier alpha value is -1.85. The van der Waals surface area contributed by atoms with Crippen LogP contribution < -0.4 is 5.43 Å². The Morgan fingerprint density at radius 3 is 2.64 bits per heavy atom. The number of nitrogens with one attached hydrogen (secondary N) is 1. The van der Waals surface area contributed by atoms with Crippen LogP contribution in [0.4, 0.5) is 0 Å². The van der Waals surface area contributed by atoms with E-state index < -0.39 is 0 Å². The number of nitrogens with zero attached hydrogens (tertiary/aromatic N) is 1. The average Bonchev–Trinajstić information content (AvgIpc) is 2.47. The molecule has 0 bridgehead atoms. The van der Waals surface area contributed by atoms with Crippen LogP contribution >= 0.6 is 27.5 Å². The van der Waals surface area contributed by atoms with Gasteiger partial charge in [-0.3, -0.25) is 4.79 Å². The van der Waals surface area contributed by atoms with E-state index in [1.807, 2.05) is 6.92 Å². The van der Waals surface area contributed by atoms with Crippen molar-refractivity contribution in [3.63, 3.8) is 0 Å². The molecule has 2 aromatic rings. The fourth-order valence-corrected chi connectivity index (χ4v) is 2.55. The van der Waals surface area contributed by atoms with Crippen LogP contribution in [-0.4, -0.2) is 17.2 Å². The predicted molar refractivity (Wildman–Crippen MR) is 91.8 cm³/mol. The molecule has 0 saturated heterocycles. The molecule has 0 aliphatic rings. The van der Waals surface area contributed by atoms with Crippen LogP contribution in [0.1, 0.15) is 27.0 Å². The molecule has 0 aliphatic carbocycles. The molecule has 0 aromatic heterocycles. The normalized spacial score (nSPS) is 10.9. The first-order chi connectivity index (χ1) is 10.4. The summed E-state index contributed by atoms with van der Waals surface area (Å²) in [6, 6.07) is 8.50. The topological polar surface area (TPSA) is 61.7 Å². The maximum absolute atomic E-state index is 12.0. The Morgan fingerprint density at radius 2 is 2.00 bits per heavy atom. The maximum Gasteiger partial charge on any atom is 0.271 e. The number of phenolic OH excluding ortho intramolecular Hbond substituents is 1. The van der Waals surface area contributed by atoms with E-state index in [0.29, 0.717) is 15.1 Å². The SMILES string of the molecule is Cc1cc(C(=O)N/N=C/c2cc(C)c(O)c(Br)c2)ccc1Cl. The Labute approximate surface area is 141 Å². The van der Waals surface area contributed by atoms with Gasteiger partial charge in [0, 0.05) is 10.6 Å². The summed E-state index contributed by atoms with van der Waals surface area (Å²) in [5.41, 5.74) is 5.25. The first-order valence-electron chi connectivity index (χ1n) is 6.47. The van der Waals surface area contributed by atoms with Crippen LogP contribution in [0.5, 0.6) is 5.75 Å². The van der Waals surface area contributed by atoms with E-state index >= 15 is 0 Å². The molecule has 114 valence electrons. The minimum Gasteiger partial charge on any atom is -0.506 e. The number of halogens is 2. The van der Waals surface area contributed by atoms with E-state index in [4.69, 9.17) is 11.6 Å². The molecule has 0 atom stereocenters. The summed E-state index contributed by atoms with van der Waals surface area (Å²) in [7, 11) is 0. The summed E-state index contributed by atoms with van der Waals surface area (Å²) < 4.78 is 0.577. The van der Waals surface area contributed by atoms with E-state index in [0.717, 1.165) is 16.7 Å². The van der Waals surface area contributed by atoms with E-state index in [1.165, 1.54) is 6.21 Å². The van der Waals surface area contributed by atoms with Crippen molar-refractivity contribution in [1.82, 2.24) is 5.43 Å². The number of rotatable bonds is 3. The van der Waals surface area contributed by atoms with Crippen molar-refractivity contribution in [2.45, 2.75) is 13.8 Å². The smallest absolute Gasteiger partial charge is 0.271 e. The predicted octanol–water partition coefficient (Wildman–Crippen LogP) is 4.19. The van der Waals surface area contributed by atoms with Crippen LogP contribution in [-0.2, 0) is 0 Å². The molecule has 2 rings (SSSR count). The number of hydrogen-bond acceptors (Lipinski definition) is 3. The van der Waals surface area contributed by atoms with E-state index in [1.54, 1.807) is 37.3 Å². The summed E-state index contributed by atoms with van der Waals surface area (Å²) in [5.74, 6) is -0.122. The van der Waals surface area contributed by atoms with Crippen molar-refractivity contribution in [2.24, 2.45) is 5.10 Å². The zero-order chi connectivity index (χ0) is 16.3. The molecule has 4 nitrogen and oxygen atoms in total. The Balaban J connectivity index is 2.09. The van der Waals surface area contributed by atoms with Gasteiger partial charge in [0.25, 0.3) is 5.91 Å². The van der Waals surface area contributed by atoms with Gasteiger partial charge in [0.15, 0.2) is 0 Å². The van der Waals surface area contributed by atoms with Crippen LogP contribution in [0.3, 0.4) is 0 Å². The molecule has 2 aromatic carbocycles. The minimum atomic E-state index is -0.314. The van der Waals surface area contributed by atoms with E-state index in [2.05, 4.69) is 26.5 Å². The summed E-state index contributed by atoms with van der Waals surface area (Å²) in [6.07, 6.45) is 1.51. The van der Waals surface area contributed by atoms with Crippen molar-refractivity contribution in [3.8, 4) is 5.75 Å². The third-order valence-corrected chi connectivity index (χ3v) is 4.10.